The van der Waals surface area contributed by atoms with Crippen LogP contribution in [0.5, 0.6) is 0 Å². The third-order valence-electron chi connectivity index (χ3n) is 5.46. The molecule has 1 aromatic heterocycles. The van der Waals surface area contributed by atoms with Crippen molar-refractivity contribution in [2.75, 3.05) is 43.1 Å². The zero-order valence-corrected chi connectivity index (χ0v) is 18.9. The third-order valence-corrected chi connectivity index (χ3v) is 5.46. The van der Waals surface area contributed by atoms with Gasteiger partial charge in [0.05, 0.1) is 19.8 Å². The molecule has 1 aromatic carbocycles. The lowest BCUT2D eigenvalue weighted by Gasteiger charge is -2.29. The highest BCUT2D eigenvalue weighted by atomic mass is 16.5. The molecule has 2 aliphatic heterocycles. The lowest BCUT2D eigenvalue weighted by molar-refractivity contribution is -0.159. The maximum absolute atomic E-state index is 12.8. The number of likely N-dealkylation sites (tertiary alicyclic amines) is 1. The highest BCUT2D eigenvalue weighted by molar-refractivity contribution is 6.27. The van der Waals surface area contributed by atoms with Crippen LogP contribution in [0.3, 0.4) is 0 Å². The van der Waals surface area contributed by atoms with Crippen LogP contribution in [0.25, 0.3) is 0 Å². The van der Waals surface area contributed by atoms with Gasteiger partial charge in [0.2, 0.25) is 11.8 Å². The fraction of sp³-hybridized carbons (Fsp3) is 0.409. The second kappa shape index (κ2) is 11.9. The fourth-order valence-corrected chi connectivity index (χ4v) is 3.74. The number of nitrogens with two attached hydrogens (primary N) is 1. The van der Waals surface area contributed by atoms with E-state index in [-0.39, 0.29) is 24.1 Å². The standard InChI is InChI=1S/C20H25N5O4.C2H2O4/c21-12-18-23-16(13-29-18)20(27)25-7-1-2-17(25)19(26)22-14-3-5-15(6-4-14)24-8-10-28-11-9-24;3-1(4)2(5)6/h3-6,13,17H,1-2,7-12,21H2,(H,22,26);(H,3,4)(H,5,6)/t17-;/m1./s1. The van der Waals surface area contributed by atoms with Crippen molar-refractivity contribution in [1.82, 2.24) is 9.88 Å². The predicted molar refractivity (Wildman–Crippen MR) is 122 cm³/mol. The van der Waals surface area contributed by atoms with Crippen LogP contribution in [0.1, 0.15) is 29.2 Å². The van der Waals surface area contributed by atoms with E-state index in [2.05, 4.69) is 15.2 Å². The Balaban J connectivity index is 0.000000509. The number of carboxylic acid groups (broad SMARTS) is 2. The van der Waals surface area contributed by atoms with Crippen LogP contribution in [0.2, 0.25) is 0 Å². The van der Waals surface area contributed by atoms with E-state index >= 15 is 0 Å². The summed E-state index contributed by atoms with van der Waals surface area (Å²) in [7, 11) is 0. The molecule has 3 heterocycles. The number of amides is 2. The van der Waals surface area contributed by atoms with Crippen molar-refractivity contribution in [2.45, 2.75) is 25.4 Å². The number of oxazole rings is 1. The number of hydrogen-bond acceptors (Lipinski definition) is 9. The molecule has 0 aliphatic carbocycles. The summed E-state index contributed by atoms with van der Waals surface area (Å²) in [6, 6.07) is 7.22. The summed E-state index contributed by atoms with van der Waals surface area (Å²) < 4.78 is 10.5. The second-order valence-corrected chi connectivity index (χ2v) is 7.73. The van der Waals surface area contributed by atoms with Gasteiger partial charge in [-0.2, -0.15) is 0 Å². The number of anilines is 2. The molecule has 2 aromatic rings. The van der Waals surface area contributed by atoms with Crippen LogP contribution < -0.4 is 16.0 Å². The Hall–Kier alpha value is -3.97. The Morgan fingerprint density at radius 3 is 2.29 bits per heavy atom. The fourth-order valence-electron chi connectivity index (χ4n) is 3.74. The Kier molecular flexibility index (Phi) is 8.75. The van der Waals surface area contributed by atoms with Crippen LogP contribution >= 0.6 is 0 Å². The average Bonchev–Trinajstić information content (AvgIpc) is 3.55. The Morgan fingerprint density at radius 1 is 1.06 bits per heavy atom. The van der Waals surface area contributed by atoms with Crippen molar-refractivity contribution < 1.29 is 38.5 Å². The number of aromatic nitrogens is 1. The Morgan fingerprint density at radius 2 is 1.71 bits per heavy atom. The highest BCUT2D eigenvalue weighted by Crippen LogP contribution is 2.23. The van der Waals surface area contributed by atoms with Crippen LogP contribution in [-0.2, 0) is 25.7 Å². The summed E-state index contributed by atoms with van der Waals surface area (Å²) in [6.07, 6.45) is 2.68. The van der Waals surface area contributed by atoms with Gasteiger partial charge < -0.3 is 40.2 Å². The number of nitrogens with one attached hydrogen (secondary N) is 1. The van der Waals surface area contributed by atoms with Crippen LogP contribution in [0.4, 0.5) is 11.4 Å². The van der Waals surface area contributed by atoms with E-state index in [4.69, 9.17) is 34.7 Å². The van der Waals surface area contributed by atoms with Gasteiger partial charge in [-0.05, 0) is 37.1 Å². The van der Waals surface area contributed by atoms with Crippen molar-refractivity contribution in [3.8, 4) is 0 Å². The minimum absolute atomic E-state index is 0.123. The average molecular weight is 489 g/mol. The summed E-state index contributed by atoms with van der Waals surface area (Å²) >= 11 is 0. The largest absolute Gasteiger partial charge is 0.473 e. The molecule has 0 spiro atoms. The number of morpholine rings is 1. The second-order valence-electron chi connectivity index (χ2n) is 7.73. The maximum atomic E-state index is 12.8. The van der Waals surface area contributed by atoms with Gasteiger partial charge in [-0.3, -0.25) is 9.59 Å². The van der Waals surface area contributed by atoms with Gasteiger partial charge in [0.15, 0.2) is 5.69 Å². The minimum Gasteiger partial charge on any atom is -0.473 e. The van der Waals surface area contributed by atoms with Gasteiger partial charge in [-0.25, -0.2) is 14.6 Å². The third kappa shape index (κ3) is 6.77. The molecule has 0 unspecified atom stereocenters. The molecule has 2 aliphatic rings. The van der Waals surface area contributed by atoms with Crippen LogP contribution in [0.15, 0.2) is 34.9 Å². The number of carbonyl (C=O) groups excluding carboxylic acids is 2. The molecular weight excluding hydrogens is 462 g/mol. The van der Waals surface area contributed by atoms with E-state index in [9.17, 15) is 9.59 Å². The molecule has 0 bridgehead atoms. The van der Waals surface area contributed by atoms with Crippen molar-refractivity contribution in [2.24, 2.45) is 5.73 Å². The van der Waals surface area contributed by atoms with E-state index in [0.29, 0.717) is 24.5 Å². The maximum Gasteiger partial charge on any atom is 0.414 e. The number of nitrogens with zero attached hydrogens (tertiary/aromatic N) is 3. The quantitative estimate of drug-likeness (QED) is 0.425. The first-order valence-corrected chi connectivity index (χ1v) is 11.0. The van der Waals surface area contributed by atoms with Crippen molar-refractivity contribution >= 4 is 35.1 Å². The summed E-state index contributed by atoms with van der Waals surface area (Å²) in [5, 5.41) is 17.7. The highest BCUT2D eigenvalue weighted by Gasteiger charge is 2.35. The summed E-state index contributed by atoms with van der Waals surface area (Å²) in [6.45, 7) is 3.80. The summed E-state index contributed by atoms with van der Waals surface area (Å²) in [5.41, 5.74) is 7.47. The molecule has 188 valence electrons. The first-order chi connectivity index (χ1) is 16.8. The molecule has 2 fully saturated rings. The number of aliphatic carboxylic acids is 2. The van der Waals surface area contributed by atoms with Crippen LogP contribution in [0, 0.1) is 0 Å². The molecule has 4 rings (SSSR count). The van der Waals surface area contributed by atoms with E-state index in [1.807, 2.05) is 24.3 Å². The summed E-state index contributed by atoms with van der Waals surface area (Å²) in [4.78, 5) is 51.6. The van der Waals surface area contributed by atoms with Crippen LogP contribution in [-0.4, -0.2) is 82.7 Å². The van der Waals surface area contributed by atoms with Crippen molar-refractivity contribution in [3.05, 3.63) is 42.1 Å². The minimum atomic E-state index is -1.82. The molecule has 13 nitrogen and oxygen atoms in total. The zero-order valence-electron chi connectivity index (χ0n) is 18.9. The van der Waals surface area contributed by atoms with Crippen molar-refractivity contribution in [3.63, 3.8) is 0 Å². The SMILES string of the molecule is NCc1nc(C(=O)N2CCC[C@@H]2C(=O)Nc2ccc(N3CCOCC3)cc2)co1.O=C(O)C(=O)O. The Bertz CT molecular complexity index is 1040. The zero-order chi connectivity index (χ0) is 25.4. The smallest absolute Gasteiger partial charge is 0.414 e. The first kappa shape index (κ1) is 25.6. The Labute approximate surface area is 200 Å². The topological polar surface area (TPSA) is 189 Å². The molecule has 13 heteroatoms. The molecule has 2 saturated heterocycles. The number of benzene rings is 1. The molecule has 35 heavy (non-hydrogen) atoms. The number of hydrogen-bond donors (Lipinski definition) is 4. The normalized spacial score (nSPS) is 17.3. The lowest BCUT2D eigenvalue weighted by Crippen LogP contribution is -2.43. The molecule has 1 atom stereocenters. The molecule has 0 radical (unpaired) electrons. The molecular formula is C22H27N5O8. The first-order valence-electron chi connectivity index (χ1n) is 11.0. The number of ether oxygens (including phenoxy) is 1. The van der Waals surface area contributed by atoms with Gasteiger partial charge in [0.1, 0.15) is 12.3 Å². The van der Waals surface area contributed by atoms with Gasteiger partial charge >= 0.3 is 11.9 Å². The van der Waals surface area contributed by atoms with E-state index in [1.54, 1.807) is 4.90 Å². The van der Waals surface area contributed by atoms with E-state index < -0.39 is 18.0 Å². The molecule has 0 saturated carbocycles. The summed E-state index contributed by atoms with van der Waals surface area (Å²) in [5.74, 6) is -3.86. The molecule has 5 N–H and O–H groups in total. The monoisotopic (exact) mass is 489 g/mol. The van der Waals surface area contributed by atoms with Gasteiger partial charge in [-0.1, -0.05) is 0 Å². The molecule has 2 amide bonds. The number of rotatable bonds is 5. The van der Waals surface area contributed by atoms with Gasteiger partial charge in [-0.15, -0.1) is 0 Å². The van der Waals surface area contributed by atoms with Gasteiger partial charge in [0.25, 0.3) is 5.91 Å². The van der Waals surface area contributed by atoms with E-state index in [0.717, 1.165) is 38.4 Å². The van der Waals surface area contributed by atoms with Gasteiger partial charge in [0, 0.05) is 31.0 Å². The van der Waals surface area contributed by atoms with Crippen molar-refractivity contribution in [1.29, 1.82) is 0 Å². The lowest BCUT2D eigenvalue weighted by atomic mass is 10.2. The predicted octanol–water partition coefficient (Wildman–Crippen LogP) is 0.369. The van der Waals surface area contributed by atoms with E-state index in [1.165, 1.54) is 6.26 Å². The number of carboxylic acids is 2. The number of carbonyl (C=O) groups is 4.